The first-order valence-corrected chi connectivity index (χ1v) is 10.4. The van der Waals surface area contributed by atoms with Crippen LogP contribution >= 0.6 is 11.3 Å². The predicted octanol–water partition coefficient (Wildman–Crippen LogP) is 6.84. The summed E-state index contributed by atoms with van der Waals surface area (Å²) in [5, 5.41) is 10.7. The van der Waals surface area contributed by atoms with Crippen LogP contribution in [0.5, 0.6) is 0 Å². The molecular formula is C20H34O2S. The molecule has 0 radical (unpaired) electrons. The van der Waals surface area contributed by atoms with Crippen molar-refractivity contribution in [1.29, 1.82) is 0 Å². The first-order chi connectivity index (χ1) is 11.3. The molecule has 0 fully saturated rings. The van der Waals surface area contributed by atoms with E-state index in [1.54, 1.807) is 0 Å². The molecule has 3 heteroatoms. The Morgan fingerprint density at radius 1 is 0.783 bits per heavy atom. The van der Waals surface area contributed by atoms with Gasteiger partial charge >= 0.3 is 5.97 Å². The van der Waals surface area contributed by atoms with Crippen molar-refractivity contribution in [2.24, 2.45) is 0 Å². The van der Waals surface area contributed by atoms with E-state index in [-0.39, 0.29) is 0 Å². The van der Waals surface area contributed by atoms with Crippen LogP contribution in [-0.2, 0) is 11.2 Å². The summed E-state index contributed by atoms with van der Waals surface area (Å²) in [6, 6.07) is 4.40. The van der Waals surface area contributed by atoms with E-state index in [9.17, 15) is 4.79 Å². The SMILES string of the molecule is O=C(O)CCCCCCCCCCCCCCCc1cccs1. The van der Waals surface area contributed by atoms with Crippen molar-refractivity contribution in [3.63, 3.8) is 0 Å². The van der Waals surface area contributed by atoms with Gasteiger partial charge in [-0.05, 0) is 30.7 Å². The average molecular weight is 339 g/mol. The number of aliphatic carboxylic acids is 1. The van der Waals surface area contributed by atoms with Gasteiger partial charge in [0.05, 0.1) is 0 Å². The minimum absolute atomic E-state index is 0.341. The molecule has 1 rings (SSSR count). The van der Waals surface area contributed by atoms with Crippen molar-refractivity contribution in [3.8, 4) is 0 Å². The monoisotopic (exact) mass is 338 g/mol. The second-order valence-corrected chi connectivity index (χ2v) is 7.60. The van der Waals surface area contributed by atoms with E-state index in [4.69, 9.17) is 5.11 Å². The third-order valence-corrected chi connectivity index (χ3v) is 5.33. The van der Waals surface area contributed by atoms with E-state index >= 15 is 0 Å². The van der Waals surface area contributed by atoms with E-state index in [2.05, 4.69) is 17.5 Å². The molecule has 0 saturated heterocycles. The van der Waals surface area contributed by atoms with Crippen LogP contribution in [0.3, 0.4) is 0 Å². The molecule has 0 atom stereocenters. The second kappa shape index (κ2) is 14.7. The van der Waals surface area contributed by atoms with Crippen LogP contribution in [0.15, 0.2) is 17.5 Å². The number of aryl methyl sites for hydroxylation is 1. The topological polar surface area (TPSA) is 37.3 Å². The number of carboxylic acid groups (broad SMARTS) is 1. The van der Waals surface area contributed by atoms with E-state index < -0.39 is 5.97 Å². The molecule has 0 amide bonds. The van der Waals surface area contributed by atoms with Crippen LogP contribution in [0.1, 0.15) is 94.8 Å². The highest BCUT2D eigenvalue weighted by Crippen LogP contribution is 2.15. The molecule has 0 unspecified atom stereocenters. The smallest absolute Gasteiger partial charge is 0.303 e. The molecule has 0 aliphatic heterocycles. The maximum Gasteiger partial charge on any atom is 0.303 e. The van der Waals surface area contributed by atoms with Crippen molar-refractivity contribution in [2.45, 2.75) is 96.3 Å². The molecule has 1 N–H and O–H groups in total. The Morgan fingerprint density at radius 3 is 1.70 bits per heavy atom. The maximum atomic E-state index is 10.4. The molecule has 23 heavy (non-hydrogen) atoms. The zero-order valence-electron chi connectivity index (χ0n) is 14.6. The lowest BCUT2D eigenvalue weighted by Gasteiger charge is -2.03. The van der Waals surface area contributed by atoms with Crippen molar-refractivity contribution in [3.05, 3.63) is 22.4 Å². The zero-order chi connectivity index (χ0) is 16.6. The summed E-state index contributed by atoms with van der Waals surface area (Å²) in [7, 11) is 0. The van der Waals surface area contributed by atoms with Gasteiger partial charge < -0.3 is 5.11 Å². The van der Waals surface area contributed by atoms with E-state index in [1.807, 2.05) is 11.3 Å². The first kappa shape index (κ1) is 20.2. The largest absolute Gasteiger partial charge is 0.481 e. The van der Waals surface area contributed by atoms with E-state index in [0.717, 1.165) is 12.8 Å². The van der Waals surface area contributed by atoms with Gasteiger partial charge in [0, 0.05) is 11.3 Å². The van der Waals surface area contributed by atoms with Gasteiger partial charge in [-0.15, -0.1) is 11.3 Å². The summed E-state index contributed by atoms with van der Waals surface area (Å²) >= 11 is 1.88. The Balaban J connectivity index is 1.69. The number of hydrogen-bond acceptors (Lipinski definition) is 2. The fraction of sp³-hybridized carbons (Fsp3) is 0.750. The van der Waals surface area contributed by atoms with Gasteiger partial charge in [0.2, 0.25) is 0 Å². The molecule has 1 aromatic heterocycles. The van der Waals surface area contributed by atoms with Gasteiger partial charge in [0.25, 0.3) is 0 Å². The predicted molar refractivity (Wildman–Crippen MR) is 100 cm³/mol. The van der Waals surface area contributed by atoms with Crippen molar-refractivity contribution < 1.29 is 9.90 Å². The summed E-state index contributed by atoms with van der Waals surface area (Å²) in [5.74, 6) is -0.656. The molecule has 2 nitrogen and oxygen atoms in total. The van der Waals surface area contributed by atoms with Gasteiger partial charge in [-0.25, -0.2) is 0 Å². The molecule has 132 valence electrons. The minimum Gasteiger partial charge on any atom is -0.481 e. The maximum absolute atomic E-state index is 10.4. The van der Waals surface area contributed by atoms with Gasteiger partial charge in [0.1, 0.15) is 0 Å². The summed E-state index contributed by atoms with van der Waals surface area (Å²) in [6.07, 6.45) is 18.4. The highest BCUT2D eigenvalue weighted by molar-refractivity contribution is 7.09. The molecule has 1 aromatic rings. The summed E-state index contributed by atoms with van der Waals surface area (Å²) in [4.78, 5) is 11.9. The van der Waals surface area contributed by atoms with Crippen LogP contribution in [0.4, 0.5) is 0 Å². The number of hydrogen-bond donors (Lipinski definition) is 1. The van der Waals surface area contributed by atoms with Crippen LogP contribution in [0.25, 0.3) is 0 Å². The molecule has 0 spiro atoms. The zero-order valence-corrected chi connectivity index (χ0v) is 15.4. The van der Waals surface area contributed by atoms with Gasteiger partial charge in [-0.2, -0.15) is 0 Å². The fourth-order valence-corrected chi connectivity index (χ4v) is 3.73. The quantitative estimate of drug-likeness (QED) is 0.335. The van der Waals surface area contributed by atoms with Gasteiger partial charge in [-0.1, -0.05) is 76.7 Å². The highest BCUT2D eigenvalue weighted by atomic mass is 32.1. The number of carbonyl (C=O) groups is 1. The Hall–Kier alpha value is -0.830. The molecule has 0 aliphatic carbocycles. The highest BCUT2D eigenvalue weighted by Gasteiger charge is 1.97. The van der Waals surface area contributed by atoms with E-state index in [1.165, 1.54) is 81.9 Å². The van der Waals surface area contributed by atoms with Crippen LogP contribution in [0, 0.1) is 0 Å². The average Bonchev–Trinajstić information content (AvgIpc) is 3.04. The summed E-state index contributed by atoms with van der Waals surface area (Å²) in [5.41, 5.74) is 0. The van der Waals surface area contributed by atoms with E-state index in [0.29, 0.717) is 6.42 Å². The lowest BCUT2D eigenvalue weighted by atomic mass is 10.0. The Morgan fingerprint density at radius 2 is 1.26 bits per heavy atom. The Labute approximate surface area is 146 Å². The molecular weight excluding hydrogens is 304 g/mol. The van der Waals surface area contributed by atoms with Gasteiger partial charge in [0.15, 0.2) is 0 Å². The fourth-order valence-electron chi connectivity index (χ4n) is 2.97. The summed E-state index contributed by atoms with van der Waals surface area (Å²) in [6.45, 7) is 0. The van der Waals surface area contributed by atoms with Crippen molar-refractivity contribution >= 4 is 17.3 Å². The molecule has 0 aliphatic rings. The number of thiophene rings is 1. The standard InChI is InChI=1S/C20H34O2S/c21-20(22)17-13-11-9-7-5-3-1-2-4-6-8-10-12-15-19-16-14-18-23-19/h14,16,18H,1-13,15,17H2,(H,21,22). The Kier molecular flexibility index (Phi) is 13.0. The van der Waals surface area contributed by atoms with Crippen LogP contribution < -0.4 is 0 Å². The number of carboxylic acids is 1. The molecule has 0 bridgehead atoms. The molecule has 1 heterocycles. The minimum atomic E-state index is -0.656. The normalized spacial score (nSPS) is 11.0. The second-order valence-electron chi connectivity index (χ2n) is 6.57. The van der Waals surface area contributed by atoms with Crippen molar-refractivity contribution in [1.82, 2.24) is 0 Å². The number of rotatable bonds is 16. The summed E-state index contributed by atoms with van der Waals surface area (Å²) < 4.78 is 0. The third-order valence-electron chi connectivity index (χ3n) is 4.39. The number of unbranched alkanes of at least 4 members (excludes halogenated alkanes) is 12. The van der Waals surface area contributed by atoms with Crippen LogP contribution in [-0.4, -0.2) is 11.1 Å². The first-order valence-electron chi connectivity index (χ1n) is 9.53. The molecule has 0 saturated carbocycles. The van der Waals surface area contributed by atoms with Crippen molar-refractivity contribution in [2.75, 3.05) is 0 Å². The third kappa shape index (κ3) is 13.3. The van der Waals surface area contributed by atoms with Crippen LogP contribution in [0.2, 0.25) is 0 Å². The lowest BCUT2D eigenvalue weighted by molar-refractivity contribution is -0.137. The molecule has 0 aromatic carbocycles. The van der Waals surface area contributed by atoms with Gasteiger partial charge in [-0.3, -0.25) is 4.79 Å². The Bertz CT molecular complexity index is 373. The lowest BCUT2D eigenvalue weighted by Crippen LogP contribution is -1.93.